The van der Waals surface area contributed by atoms with Gasteiger partial charge in [-0.1, -0.05) is 27.2 Å². The number of carbonyl (C=O) groups excluding carboxylic acids is 1. The van der Waals surface area contributed by atoms with Crippen molar-refractivity contribution in [3.8, 4) is 0 Å². The third-order valence-electron chi connectivity index (χ3n) is 2.40. The number of nitrogens with one attached hydrogen (secondary N) is 1. The fourth-order valence-electron chi connectivity index (χ4n) is 1.26. The molecule has 1 atom stereocenters. The van der Waals surface area contributed by atoms with Gasteiger partial charge in [-0.25, -0.2) is 0 Å². The molecule has 15 heavy (non-hydrogen) atoms. The first-order valence-electron chi connectivity index (χ1n) is 5.48. The van der Waals surface area contributed by atoms with Crippen LogP contribution in [-0.2, 0) is 9.59 Å². The van der Waals surface area contributed by atoms with E-state index in [2.05, 4.69) is 5.32 Å². The normalized spacial score (nSPS) is 12.5. The van der Waals surface area contributed by atoms with Crippen molar-refractivity contribution in [2.24, 2.45) is 11.8 Å². The number of hydrogen-bond acceptors (Lipinski definition) is 2. The van der Waals surface area contributed by atoms with Crippen LogP contribution in [0.5, 0.6) is 0 Å². The zero-order valence-electron chi connectivity index (χ0n) is 9.75. The Morgan fingerprint density at radius 2 is 1.93 bits per heavy atom. The number of amides is 1. The summed E-state index contributed by atoms with van der Waals surface area (Å²) in [6, 6.07) is 0. The summed E-state index contributed by atoms with van der Waals surface area (Å²) in [6.07, 6.45) is 2.31. The largest absolute Gasteiger partial charge is 0.481 e. The van der Waals surface area contributed by atoms with Gasteiger partial charge in [0.05, 0.1) is 5.92 Å². The third kappa shape index (κ3) is 6.10. The SMILES string of the molecule is CCCCC(=O)NCC(C(=O)O)C(C)C. The first-order valence-corrected chi connectivity index (χ1v) is 5.48. The van der Waals surface area contributed by atoms with Crippen molar-refractivity contribution >= 4 is 11.9 Å². The highest BCUT2D eigenvalue weighted by Crippen LogP contribution is 2.09. The molecule has 0 saturated carbocycles. The maximum absolute atomic E-state index is 11.2. The highest BCUT2D eigenvalue weighted by Gasteiger charge is 2.21. The van der Waals surface area contributed by atoms with Crippen LogP contribution in [0.1, 0.15) is 40.0 Å². The van der Waals surface area contributed by atoms with E-state index >= 15 is 0 Å². The van der Waals surface area contributed by atoms with E-state index < -0.39 is 11.9 Å². The highest BCUT2D eigenvalue weighted by atomic mass is 16.4. The number of carboxylic acid groups (broad SMARTS) is 1. The highest BCUT2D eigenvalue weighted by molar-refractivity contribution is 5.77. The van der Waals surface area contributed by atoms with E-state index in [9.17, 15) is 9.59 Å². The van der Waals surface area contributed by atoms with Gasteiger partial charge in [-0.15, -0.1) is 0 Å². The molecule has 0 spiro atoms. The maximum Gasteiger partial charge on any atom is 0.308 e. The number of aliphatic carboxylic acids is 1. The molecule has 0 heterocycles. The second kappa shape index (κ2) is 7.26. The molecule has 4 nitrogen and oxygen atoms in total. The summed E-state index contributed by atoms with van der Waals surface area (Å²) in [5.41, 5.74) is 0. The first-order chi connectivity index (χ1) is 6.99. The van der Waals surface area contributed by atoms with E-state index in [0.29, 0.717) is 6.42 Å². The molecule has 1 unspecified atom stereocenters. The monoisotopic (exact) mass is 215 g/mol. The molecule has 0 saturated heterocycles. The molecule has 0 aromatic rings. The number of carbonyl (C=O) groups is 2. The van der Waals surface area contributed by atoms with Crippen molar-refractivity contribution in [2.45, 2.75) is 40.0 Å². The van der Waals surface area contributed by atoms with Crippen LogP contribution in [0.2, 0.25) is 0 Å². The minimum absolute atomic E-state index is 0.0361. The van der Waals surface area contributed by atoms with Crippen LogP contribution < -0.4 is 5.32 Å². The lowest BCUT2D eigenvalue weighted by molar-refractivity contribution is -0.143. The van der Waals surface area contributed by atoms with Crippen LogP contribution in [0.15, 0.2) is 0 Å². The zero-order chi connectivity index (χ0) is 11.8. The molecule has 0 aliphatic carbocycles. The van der Waals surface area contributed by atoms with Crippen LogP contribution >= 0.6 is 0 Å². The van der Waals surface area contributed by atoms with Crippen molar-refractivity contribution in [3.63, 3.8) is 0 Å². The summed E-state index contributed by atoms with van der Waals surface area (Å²) in [4.78, 5) is 22.1. The average Bonchev–Trinajstić information content (AvgIpc) is 2.13. The molecule has 0 aliphatic heterocycles. The summed E-state index contributed by atoms with van der Waals surface area (Å²) in [5, 5.41) is 11.5. The summed E-state index contributed by atoms with van der Waals surface area (Å²) in [6.45, 7) is 5.94. The molecule has 0 bridgehead atoms. The molecule has 0 aromatic heterocycles. The molecule has 0 aliphatic rings. The van der Waals surface area contributed by atoms with Gasteiger partial charge in [0.25, 0.3) is 0 Å². The van der Waals surface area contributed by atoms with Crippen molar-refractivity contribution in [3.05, 3.63) is 0 Å². The van der Waals surface area contributed by atoms with Gasteiger partial charge in [-0.3, -0.25) is 9.59 Å². The van der Waals surface area contributed by atoms with E-state index in [4.69, 9.17) is 5.11 Å². The van der Waals surface area contributed by atoms with E-state index in [1.807, 2.05) is 20.8 Å². The summed E-state index contributed by atoms with van der Waals surface area (Å²) in [7, 11) is 0. The van der Waals surface area contributed by atoms with Gasteiger partial charge < -0.3 is 10.4 Å². The van der Waals surface area contributed by atoms with Crippen LogP contribution in [-0.4, -0.2) is 23.5 Å². The van der Waals surface area contributed by atoms with Gasteiger partial charge in [0.15, 0.2) is 0 Å². The van der Waals surface area contributed by atoms with Crippen LogP contribution in [0.4, 0.5) is 0 Å². The van der Waals surface area contributed by atoms with E-state index in [-0.39, 0.29) is 18.4 Å². The minimum Gasteiger partial charge on any atom is -0.481 e. The Hall–Kier alpha value is -1.06. The molecule has 1 amide bonds. The Labute approximate surface area is 91.1 Å². The van der Waals surface area contributed by atoms with Crippen molar-refractivity contribution in [1.82, 2.24) is 5.32 Å². The van der Waals surface area contributed by atoms with E-state index in [1.54, 1.807) is 0 Å². The molecule has 0 aromatic carbocycles. The Kier molecular flexibility index (Phi) is 6.75. The number of hydrogen-bond donors (Lipinski definition) is 2. The molecule has 4 heteroatoms. The lowest BCUT2D eigenvalue weighted by Crippen LogP contribution is -2.35. The molecule has 0 radical (unpaired) electrons. The standard InChI is InChI=1S/C11H21NO3/c1-4-5-6-10(13)12-7-9(8(2)3)11(14)15/h8-9H,4-7H2,1-3H3,(H,12,13)(H,14,15). The second-order valence-corrected chi connectivity index (χ2v) is 4.10. The average molecular weight is 215 g/mol. The lowest BCUT2D eigenvalue weighted by Gasteiger charge is -2.16. The van der Waals surface area contributed by atoms with Gasteiger partial charge in [-0.05, 0) is 12.3 Å². The number of unbranched alkanes of at least 4 members (excludes halogenated alkanes) is 1. The summed E-state index contributed by atoms with van der Waals surface area (Å²) >= 11 is 0. The van der Waals surface area contributed by atoms with Gasteiger partial charge in [0.2, 0.25) is 5.91 Å². The number of carboxylic acids is 1. The molecule has 88 valence electrons. The van der Waals surface area contributed by atoms with Crippen LogP contribution in [0.3, 0.4) is 0 Å². The molecule has 0 fully saturated rings. The van der Waals surface area contributed by atoms with Crippen molar-refractivity contribution in [2.75, 3.05) is 6.54 Å². The van der Waals surface area contributed by atoms with E-state index in [1.165, 1.54) is 0 Å². The first kappa shape index (κ1) is 13.9. The van der Waals surface area contributed by atoms with Gasteiger partial charge in [-0.2, -0.15) is 0 Å². The predicted octanol–water partition coefficient (Wildman–Crippen LogP) is 1.65. The van der Waals surface area contributed by atoms with E-state index in [0.717, 1.165) is 12.8 Å². The zero-order valence-corrected chi connectivity index (χ0v) is 9.75. The maximum atomic E-state index is 11.2. The molecular formula is C11H21NO3. The molecular weight excluding hydrogens is 194 g/mol. The Morgan fingerprint density at radius 1 is 1.33 bits per heavy atom. The Bertz CT molecular complexity index is 214. The quantitative estimate of drug-likeness (QED) is 0.678. The van der Waals surface area contributed by atoms with Gasteiger partial charge >= 0.3 is 5.97 Å². The topological polar surface area (TPSA) is 66.4 Å². The minimum atomic E-state index is -0.846. The fourth-order valence-corrected chi connectivity index (χ4v) is 1.26. The summed E-state index contributed by atoms with van der Waals surface area (Å²) in [5.74, 6) is -1.35. The van der Waals surface area contributed by atoms with Crippen LogP contribution in [0, 0.1) is 11.8 Å². The summed E-state index contributed by atoms with van der Waals surface area (Å²) < 4.78 is 0. The molecule has 0 rings (SSSR count). The Morgan fingerprint density at radius 3 is 2.33 bits per heavy atom. The molecule has 2 N–H and O–H groups in total. The van der Waals surface area contributed by atoms with Gasteiger partial charge in [0, 0.05) is 13.0 Å². The fraction of sp³-hybridized carbons (Fsp3) is 0.818. The second-order valence-electron chi connectivity index (χ2n) is 4.10. The lowest BCUT2D eigenvalue weighted by atomic mass is 9.96. The van der Waals surface area contributed by atoms with Crippen LogP contribution in [0.25, 0.3) is 0 Å². The van der Waals surface area contributed by atoms with Crippen molar-refractivity contribution in [1.29, 1.82) is 0 Å². The van der Waals surface area contributed by atoms with Gasteiger partial charge in [0.1, 0.15) is 0 Å². The third-order valence-corrected chi connectivity index (χ3v) is 2.40. The smallest absolute Gasteiger partial charge is 0.308 e. The number of rotatable bonds is 7. The predicted molar refractivity (Wildman–Crippen MR) is 58.5 cm³/mol. The van der Waals surface area contributed by atoms with Crippen molar-refractivity contribution < 1.29 is 14.7 Å². The Balaban J connectivity index is 3.89.